The number of rotatable bonds is 8. The fourth-order valence-corrected chi connectivity index (χ4v) is 2.97. The van der Waals surface area contributed by atoms with Gasteiger partial charge in [0, 0.05) is 24.2 Å². The SMILES string of the molecule is CCNC(=NCC(C1CC1)N(C)C)NCCc1cccc(Cl)c1. The number of hydrogen-bond donors (Lipinski definition) is 2. The van der Waals surface area contributed by atoms with Gasteiger partial charge in [-0.2, -0.15) is 0 Å². The summed E-state index contributed by atoms with van der Waals surface area (Å²) in [6, 6.07) is 8.57. The minimum atomic E-state index is 0.554. The molecule has 1 saturated carbocycles. The van der Waals surface area contributed by atoms with E-state index in [0.717, 1.165) is 43.0 Å². The van der Waals surface area contributed by atoms with Crippen LogP contribution in [0.1, 0.15) is 25.3 Å². The molecule has 0 aromatic heterocycles. The first-order valence-electron chi connectivity index (χ1n) is 8.53. The molecule has 1 aliphatic rings. The molecule has 1 aromatic rings. The van der Waals surface area contributed by atoms with E-state index in [1.807, 2.05) is 18.2 Å². The Morgan fingerprint density at radius 3 is 2.74 bits per heavy atom. The van der Waals surface area contributed by atoms with Gasteiger partial charge in [-0.25, -0.2) is 0 Å². The molecule has 0 amide bonds. The molecular formula is C18H29ClN4. The summed E-state index contributed by atoms with van der Waals surface area (Å²) in [6.07, 6.45) is 3.62. The van der Waals surface area contributed by atoms with Crippen LogP contribution in [0.3, 0.4) is 0 Å². The molecule has 0 aliphatic heterocycles. The van der Waals surface area contributed by atoms with Crippen molar-refractivity contribution in [1.82, 2.24) is 15.5 Å². The Labute approximate surface area is 145 Å². The number of likely N-dealkylation sites (N-methyl/N-ethyl adjacent to an activating group) is 1. The van der Waals surface area contributed by atoms with Crippen LogP contribution in [-0.2, 0) is 6.42 Å². The van der Waals surface area contributed by atoms with Crippen LogP contribution in [-0.4, -0.2) is 50.6 Å². The fraction of sp³-hybridized carbons (Fsp3) is 0.611. The van der Waals surface area contributed by atoms with Crippen molar-refractivity contribution in [3.63, 3.8) is 0 Å². The van der Waals surface area contributed by atoms with Crippen molar-refractivity contribution < 1.29 is 0 Å². The van der Waals surface area contributed by atoms with E-state index in [4.69, 9.17) is 16.6 Å². The molecule has 23 heavy (non-hydrogen) atoms. The Morgan fingerprint density at radius 1 is 1.35 bits per heavy atom. The Balaban J connectivity index is 1.83. The van der Waals surface area contributed by atoms with E-state index < -0.39 is 0 Å². The van der Waals surface area contributed by atoms with E-state index in [0.29, 0.717) is 6.04 Å². The first kappa shape index (κ1) is 18.1. The lowest BCUT2D eigenvalue weighted by Crippen LogP contribution is -2.40. The fourth-order valence-electron chi connectivity index (χ4n) is 2.76. The van der Waals surface area contributed by atoms with Gasteiger partial charge in [-0.1, -0.05) is 23.7 Å². The van der Waals surface area contributed by atoms with E-state index in [2.05, 4.69) is 42.6 Å². The summed E-state index contributed by atoms with van der Waals surface area (Å²) < 4.78 is 0. The molecule has 128 valence electrons. The lowest BCUT2D eigenvalue weighted by Gasteiger charge is -2.23. The molecule has 1 aliphatic carbocycles. The van der Waals surface area contributed by atoms with Gasteiger partial charge in [0.15, 0.2) is 5.96 Å². The summed E-state index contributed by atoms with van der Waals surface area (Å²) in [7, 11) is 4.30. The molecule has 2 N–H and O–H groups in total. The maximum Gasteiger partial charge on any atom is 0.191 e. The molecule has 2 rings (SSSR count). The van der Waals surface area contributed by atoms with Gasteiger partial charge in [0.25, 0.3) is 0 Å². The van der Waals surface area contributed by atoms with Crippen LogP contribution in [0.4, 0.5) is 0 Å². The van der Waals surface area contributed by atoms with Crippen LogP contribution in [0.5, 0.6) is 0 Å². The number of guanidine groups is 1. The van der Waals surface area contributed by atoms with E-state index >= 15 is 0 Å². The van der Waals surface area contributed by atoms with E-state index in [9.17, 15) is 0 Å². The molecule has 0 saturated heterocycles. The predicted molar refractivity (Wildman–Crippen MR) is 99.3 cm³/mol. The average Bonchev–Trinajstić information content (AvgIpc) is 3.32. The zero-order valence-electron chi connectivity index (χ0n) is 14.5. The minimum Gasteiger partial charge on any atom is -0.357 e. The van der Waals surface area contributed by atoms with Crippen LogP contribution in [0.25, 0.3) is 0 Å². The zero-order chi connectivity index (χ0) is 16.7. The highest BCUT2D eigenvalue weighted by Gasteiger charge is 2.32. The highest BCUT2D eigenvalue weighted by atomic mass is 35.5. The molecule has 0 radical (unpaired) electrons. The number of benzene rings is 1. The Morgan fingerprint density at radius 2 is 2.13 bits per heavy atom. The molecule has 0 bridgehead atoms. The first-order valence-corrected chi connectivity index (χ1v) is 8.91. The molecule has 4 nitrogen and oxygen atoms in total. The molecule has 1 unspecified atom stereocenters. The summed E-state index contributed by atoms with van der Waals surface area (Å²) in [6.45, 7) is 4.67. The quantitative estimate of drug-likeness (QED) is 0.566. The van der Waals surface area contributed by atoms with Crippen molar-refractivity contribution in [3.8, 4) is 0 Å². The molecule has 0 spiro atoms. The molecule has 1 atom stereocenters. The summed E-state index contributed by atoms with van der Waals surface area (Å²) in [5.41, 5.74) is 1.24. The van der Waals surface area contributed by atoms with Crippen molar-refractivity contribution in [2.75, 3.05) is 33.7 Å². The number of aliphatic imine (C=N–C) groups is 1. The third kappa shape index (κ3) is 6.40. The van der Waals surface area contributed by atoms with Gasteiger partial charge in [0.2, 0.25) is 0 Å². The van der Waals surface area contributed by atoms with E-state index in [1.54, 1.807) is 0 Å². The van der Waals surface area contributed by atoms with Gasteiger partial charge >= 0.3 is 0 Å². The predicted octanol–water partition coefficient (Wildman–Crippen LogP) is 2.78. The van der Waals surface area contributed by atoms with Gasteiger partial charge in [-0.05, 0) is 63.9 Å². The normalized spacial score (nSPS) is 16.5. The smallest absolute Gasteiger partial charge is 0.191 e. The lowest BCUT2D eigenvalue weighted by molar-refractivity contribution is 0.271. The van der Waals surface area contributed by atoms with Crippen LogP contribution >= 0.6 is 11.6 Å². The topological polar surface area (TPSA) is 39.7 Å². The zero-order valence-corrected chi connectivity index (χ0v) is 15.2. The van der Waals surface area contributed by atoms with Crippen LogP contribution in [0.2, 0.25) is 5.02 Å². The average molecular weight is 337 g/mol. The Hall–Kier alpha value is -1.26. The maximum atomic E-state index is 6.02. The third-order valence-electron chi connectivity index (χ3n) is 4.21. The van der Waals surface area contributed by atoms with Gasteiger partial charge in [0.05, 0.1) is 6.54 Å². The standard InChI is InChI=1S/C18H29ClN4/c1-4-20-18(22-13-17(23(2)3)15-8-9-15)21-11-10-14-6-5-7-16(19)12-14/h5-7,12,15,17H,4,8-11,13H2,1-3H3,(H2,20,21,22). The van der Waals surface area contributed by atoms with Gasteiger partial charge in [0.1, 0.15) is 0 Å². The minimum absolute atomic E-state index is 0.554. The van der Waals surface area contributed by atoms with E-state index in [-0.39, 0.29) is 0 Å². The van der Waals surface area contributed by atoms with Crippen molar-refractivity contribution in [2.24, 2.45) is 10.9 Å². The number of halogens is 1. The monoisotopic (exact) mass is 336 g/mol. The second-order valence-corrected chi connectivity index (χ2v) is 6.83. The van der Waals surface area contributed by atoms with Crippen molar-refractivity contribution >= 4 is 17.6 Å². The van der Waals surface area contributed by atoms with Crippen LogP contribution in [0, 0.1) is 5.92 Å². The third-order valence-corrected chi connectivity index (χ3v) is 4.44. The molecule has 1 aromatic carbocycles. The molecular weight excluding hydrogens is 308 g/mol. The number of nitrogens with one attached hydrogen (secondary N) is 2. The molecule has 5 heteroatoms. The summed E-state index contributed by atoms with van der Waals surface area (Å²) in [5, 5.41) is 7.54. The first-order chi connectivity index (χ1) is 11.1. The van der Waals surface area contributed by atoms with Crippen molar-refractivity contribution in [3.05, 3.63) is 34.9 Å². The van der Waals surface area contributed by atoms with Gasteiger partial charge in [-0.3, -0.25) is 4.99 Å². The summed E-state index contributed by atoms with van der Waals surface area (Å²) in [4.78, 5) is 7.07. The Bertz CT molecular complexity index is 509. The van der Waals surface area contributed by atoms with Crippen LogP contribution in [0.15, 0.2) is 29.3 Å². The van der Waals surface area contributed by atoms with Crippen molar-refractivity contribution in [2.45, 2.75) is 32.2 Å². The second kappa shape index (κ2) is 9.14. The second-order valence-electron chi connectivity index (χ2n) is 6.39. The largest absolute Gasteiger partial charge is 0.357 e. The van der Waals surface area contributed by atoms with E-state index in [1.165, 1.54) is 18.4 Å². The van der Waals surface area contributed by atoms with Crippen LogP contribution < -0.4 is 10.6 Å². The van der Waals surface area contributed by atoms with Gasteiger partial charge < -0.3 is 15.5 Å². The number of hydrogen-bond acceptors (Lipinski definition) is 2. The number of nitrogens with zero attached hydrogens (tertiary/aromatic N) is 2. The maximum absolute atomic E-state index is 6.02. The highest BCUT2D eigenvalue weighted by Crippen LogP contribution is 2.34. The molecule has 1 fully saturated rings. The summed E-state index contributed by atoms with van der Waals surface area (Å²) in [5.74, 6) is 1.73. The van der Waals surface area contributed by atoms with Gasteiger partial charge in [-0.15, -0.1) is 0 Å². The Kier molecular flexibility index (Phi) is 7.18. The molecule has 0 heterocycles. The summed E-state index contributed by atoms with van der Waals surface area (Å²) >= 11 is 6.02. The highest BCUT2D eigenvalue weighted by molar-refractivity contribution is 6.30. The lowest BCUT2D eigenvalue weighted by atomic mass is 10.1. The van der Waals surface area contributed by atoms with Crippen molar-refractivity contribution in [1.29, 1.82) is 0 Å².